The number of nitrogens with two attached hydrogens (primary N) is 1. The first kappa shape index (κ1) is 14.9. The highest BCUT2D eigenvalue weighted by molar-refractivity contribution is 6.31. The zero-order valence-electron chi connectivity index (χ0n) is 11.8. The number of carbonyl (C=O) groups excluding carboxylic acids is 1. The molecule has 6 nitrogen and oxygen atoms in total. The summed E-state index contributed by atoms with van der Waals surface area (Å²) in [4.78, 5) is 28.1. The van der Waals surface area contributed by atoms with Crippen LogP contribution in [0.5, 0.6) is 0 Å². The molecule has 1 aliphatic rings. The molecule has 2 atom stereocenters. The van der Waals surface area contributed by atoms with E-state index >= 15 is 0 Å². The number of primary amides is 1. The maximum atomic E-state index is 11.8. The number of hydrogen-bond acceptors (Lipinski definition) is 3. The second-order valence-electron chi connectivity index (χ2n) is 5.47. The van der Waals surface area contributed by atoms with Gasteiger partial charge in [-0.25, -0.2) is 0 Å². The molecular weight excluding hydrogens is 306 g/mol. The number of carboxylic acids is 1. The molecule has 2 unspecified atom stereocenters. The average molecular weight is 322 g/mol. The number of benzene rings is 1. The molecule has 0 radical (unpaired) electrons. The SMILES string of the molecule is NC(=O)C1CCCN1C(C(=O)O)c1c[nH]c2ccc(Cl)cc12. The summed E-state index contributed by atoms with van der Waals surface area (Å²) in [5.74, 6) is -1.49. The lowest BCUT2D eigenvalue weighted by Crippen LogP contribution is -2.44. The average Bonchev–Trinajstić information content (AvgIpc) is 3.07. The number of nitrogens with zero attached hydrogens (tertiary/aromatic N) is 1. The number of likely N-dealkylation sites (tertiary alicyclic amines) is 1. The van der Waals surface area contributed by atoms with Crippen molar-refractivity contribution in [1.82, 2.24) is 9.88 Å². The lowest BCUT2D eigenvalue weighted by atomic mass is 10.0. The summed E-state index contributed by atoms with van der Waals surface area (Å²) < 4.78 is 0. The van der Waals surface area contributed by atoms with Crippen molar-refractivity contribution in [2.24, 2.45) is 5.73 Å². The Morgan fingerprint density at radius 1 is 1.45 bits per heavy atom. The molecule has 0 bridgehead atoms. The van der Waals surface area contributed by atoms with Crippen molar-refractivity contribution in [2.45, 2.75) is 24.9 Å². The van der Waals surface area contributed by atoms with Crippen LogP contribution < -0.4 is 5.73 Å². The number of fused-ring (bicyclic) bond motifs is 1. The van der Waals surface area contributed by atoms with E-state index in [4.69, 9.17) is 17.3 Å². The van der Waals surface area contributed by atoms with Crippen LogP contribution in [-0.2, 0) is 9.59 Å². The fourth-order valence-electron chi connectivity index (χ4n) is 3.20. The number of carboxylic acid groups (broad SMARTS) is 1. The van der Waals surface area contributed by atoms with Gasteiger partial charge in [0.25, 0.3) is 0 Å². The van der Waals surface area contributed by atoms with E-state index in [1.165, 1.54) is 0 Å². The molecular formula is C15H16ClN3O3. The summed E-state index contributed by atoms with van der Waals surface area (Å²) in [7, 11) is 0. The van der Waals surface area contributed by atoms with Crippen LogP contribution in [0.2, 0.25) is 5.02 Å². The van der Waals surface area contributed by atoms with Gasteiger partial charge in [-0.05, 0) is 31.0 Å². The highest BCUT2D eigenvalue weighted by Gasteiger charge is 2.39. The highest BCUT2D eigenvalue weighted by atomic mass is 35.5. The van der Waals surface area contributed by atoms with Gasteiger partial charge in [0.15, 0.2) is 0 Å². The van der Waals surface area contributed by atoms with E-state index in [1.807, 2.05) is 0 Å². The molecule has 0 aliphatic carbocycles. The Morgan fingerprint density at radius 3 is 2.91 bits per heavy atom. The Hall–Kier alpha value is -2.05. The van der Waals surface area contributed by atoms with Gasteiger partial charge in [-0.15, -0.1) is 0 Å². The first-order valence-electron chi connectivity index (χ1n) is 7.03. The van der Waals surface area contributed by atoms with E-state index in [-0.39, 0.29) is 0 Å². The molecule has 1 amide bonds. The van der Waals surface area contributed by atoms with Crippen molar-refractivity contribution in [3.63, 3.8) is 0 Å². The van der Waals surface area contributed by atoms with Gasteiger partial charge in [0, 0.05) is 34.2 Å². The van der Waals surface area contributed by atoms with Crippen LogP contribution in [0.15, 0.2) is 24.4 Å². The third-order valence-corrected chi connectivity index (χ3v) is 4.39. The number of halogens is 1. The van der Waals surface area contributed by atoms with Crippen LogP contribution >= 0.6 is 11.6 Å². The molecule has 116 valence electrons. The Morgan fingerprint density at radius 2 is 2.23 bits per heavy atom. The maximum absolute atomic E-state index is 11.8. The van der Waals surface area contributed by atoms with Gasteiger partial charge in [0.2, 0.25) is 5.91 Å². The summed E-state index contributed by atoms with van der Waals surface area (Å²) in [6, 6.07) is 3.79. The monoisotopic (exact) mass is 321 g/mol. The van der Waals surface area contributed by atoms with E-state index in [0.29, 0.717) is 23.6 Å². The molecule has 1 fully saturated rings. The molecule has 0 saturated carbocycles. The minimum atomic E-state index is -1.01. The summed E-state index contributed by atoms with van der Waals surface area (Å²) in [5, 5.41) is 11.0. The first-order valence-corrected chi connectivity index (χ1v) is 7.41. The van der Waals surface area contributed by atoms with Gasteiger partial charge >= 0.3 is 5.97 Å². The Labute approximate surface area is 131 Å². The minimum absolute atomic E-state index is 0.485. The predicted octanol–water partition coefficient (Wildman–Crippen LogP) is 1.90. The first-order chi connectivity index (χ1) is 10.5. The molecule has 3 rings (SSSR count). The second-order valence-corrected chi connectivity index (χ2v) is 5.91. The molecule has 2 aromatic rings. The molecule has 2 heterocycles. The van der Waals surface area contributed by atoms with Crippen LogP contribution in [0.25, 0.3) is 10.9 Å². The third kappa shape index (κ3) is 2.44. The van der Waals surface area contributed by atoms with E-state index in [1.54, 1.807) is 29.3 Å². The van der Waals surface area contributed by atoms with Crippen LogP contribution in [0.1, 0.15) is 24.4 Å². The lowest BCUT2D eigenvalue weighted by molar-refractivity contribution is -0.144. The number of carbonyl (C=O) groups is 2. The van der Waals surface area contributed by atoms with Crippen LogP contribution in [0, 0.1) is 0 Å². The minimum Gasteiger partial charge on any atom is -0.480 e. The molecule has 22 heavy (non-hydrogen) atoms. The quantitative estimate of drug-likeness (QED) is 0.800. The Bertz CT molecular complexity index is 743. The predicted molar refractivity (Wildman–Crippen MR) is 82.6 cm³/mol. The smallest absolute Gasteiger partial charge is 0.325 e. The van der Waals surface area contributed by atoms with Gasteiger partial charge in [-0.1, -0.05) is 11.6 Å². The number of aromatic nitrogens is 1. The molecule has 7 heteroatoms. The largest absolute Gasteiger partial charge is 0.480 e. The number of aliphatic carboxylic acids is 1. The fourth-order valence-corrected chi connectivity index (χ4v) is 3.37. The summed E-state index contributed by atoms with van der Waals surface area (Å²) in [6.45, 7) is 0.526. The second kappa shape index (κ2) is 5.62. The molecule has 4 N–H and O–H groups in total. The fraction of sp³-hybridized carbons (Fsp3) is 0.333. The van der Waals surface area contributed by atoms with E-state index in [0.717, 1.165) is 17.3 Å². The van der Waals surface area contributed by atoms with Gasteiger partial charge < -0.3 is 15.8 Å². The van der Waals surface area contributed by atoms with Crippen molar-refractivity contribution >= 4 is 34.4 Å². The van der Waals surface area contributed by atoms with E-state index in [9.17, 15) is 14.7 Å². The number of hydrogen-bond donors (Lipinski definition) is 3. The lowest BCUT2D eigenvalue weighted by Gasteiger charge is -2.28. The van der Waals surface area contributed by atoms with Crippen LogP contribution in [0.4, 0.5) is 0 Å². The molecule has 1 aromatic carbocycles. The van der Waals surface area contributed by atoms with Crippen molar-refractivity contribution in [3.05, 3.63) is 35.0 Å². The topological polar surface area (TPSA) is 99.4 Å². The van der Waals surface area contributed by atoms with E-state index in [2.05, 4.69) is 4.98 Å². The standard InChI is InChI=1S/C15H16ClN3O3/c16-8-3-4-11-9(6-8)10(7-18-11)13(15(21)22)19-5-1-2-12(19)14(17)20/h3-4,6-7,12-13,18H,1-2,5H2,(H2,17,20)(H,21,22). The van der Waals surface area contributed by atoms with Gasteiger partial charge in [0.1, 0.15) is 6.04 Å². The number of nitrogens with one attached hydrogen (secondary N) is 1. The zero-order chi connectivity index (χ0) is 15.9. The van der Waals surface area contributed by atoms with Crippen LogP contribution in [0.3, 0.4) is 0 Å². The molecule has 1 saturated heterocycles. The van der Waals surface area contributed by atoms with E-state index < -0.39 is 24.0 Å². The van der Waals surface area contributed by atoms with Crippen molar-refractivity contribution in [2.75, 3.05) is 6.54 Å². The normalized spacial score (nSPS) is 20.3. The number of aromatic amines is 1. The zero-order valence-corrected chi connectivity index (χ0v) is 12.5. The van der Waals surface area contributed by atoms with Crippen molar-refractivity contribution < 1.29 is 14.7 Å². The molecule has 1 aromatic heterocycles. The maximum Gasteiger partial charge on any atom is 0.325 e. The van der Waals surface area contributed by atoms with Gasteiger partial charge in [-0.2, -0.15) is 0 Å². The Balaban J connectivity index is 2.09. The molecule has 0 spiro atoms. The van der Waals surface area contributed by atoms with Gasteiger partial charge in [-0.3, -0.25) is 14.5 Å². The third-order valence-electron chi connectivity index (χ3n) is 4.16. The number of rotatable bonds is 4. The molecule has 1 aliphatic heterocycles. The van der Waals surface area contributed by atoms with Gasteiger partial charge in [0.05, 0.1) is 6.04 Å². The Kier molecular flexibility index (Phi) is 3.80. The number of H-pyrrole nitrogens is 1. The summed E-state index contributed by atoms with van der Waals surface area (Å²) >= 11 is 6.02. The van der Waals surface area contributed by atoms with Crippen molar-refractivity contribution in [3.8, 4) is 0 Å². The summed E-state index contributed by atoms with van der Waals surface area (Å²) in [6.07, 6.45) is 3.00. The summed E-state index contributed by atoms with van der Waals surface area (Å²) in [5.41, 5.74) is 6.82. The van der Waals surface area contributed by atoms with Crippen molar-refractivity contribution in [1.29, 1.82) is 0 Å². The van der Waals surface area contributed by atoms with Crippen LogP contribution in [-0.4, -0.2) is 39.5 Å². The highest BCUT2D eigenvalue weighted by Crippen LogP contribution is 2.34. The number of amides is 1.